The summed E-state index contributed by atoms with van der Waals surface area (Å²) in [6, 6.07) is 17.8. The highest BCUT2D eigenvalue weighted by atomic mass is 16.4. The van der Waals surface area contributed by atoms with E-state index >= 15 is 0 Å². The van der Waals surface area contributed by atoms with Gasteiger partial charge in [-0.15, -0.1) is 0 Å². The molecule has 0 aromatic heterocycles. The molecule has 0 bridgehead atoms. The molecule has 0 radical (unpaired) electrons. The van der Waals surface area contributed by atoms with Crippen molar-refractivity contribution in [2.75, 3.05) is 0 Å². The molecule has 0 unspecified atom stereocenters. The fraction of sp³-hybridized carbons (Fsp3) is 0.286. The van der Waals surface area contributed by atoms with Crippen LogP contribution in [0.2, 0.25) is 0 Å². The Balaban J connectivity index is 2.09. The van der Waals surface area contributed by atoms with Crippen molar-refractivity contribution in [1.82, 2.24) is 5.32 Å². The number of Topliss-reactive ketones (excluding diaryl/α,β-unsaturated/α-hetero) is 1. The Hall–Kier alpha value is -2.95. The lowest BCUT2D eigenvalue weighted by Crippen LogP contribution is -2.42. The Morgan fingerprint density at radius 3 is 1.85 bits per heavy atom. The summed E-state index contributed by atoms with van der Waals surface area (Å²) in [5.74, 6) is -2.41. The highest BCUT2D eigenvalue weighted by Gasteiger charge is 2.27. The molecule has 0 saturated carbocycles. The van der Waals surface area contributed by atoms with Crippen LogP contribution in [-0.4, -0.2) is 28.8 Å². The van der Waals surface area contributed by atoms with Crippen LogP contribution >= 0.6 is 0 Å². The molecule has 0 fully saturated rings. The fourth-order valence-electron chi connectivity index (χ4n) is 2.87. The van der Waals surface area contributed by atoms with Crippen molar-refractivity contribution in [3.05, 3.63) is 71.8 Å². The molecule has 1 amide bonds. The van der Waals surface area contributed by atoms with Crippen molar-refractivity contribution in [3.63, 3.8) is 0 Å². The first kappa shape index (κ1) is 19.4. The monoisotopic (exact) mass is 353 g/mol. The fourth-order valence-corrected chi connectivity index (χ4v) is 2.87. The minimum Gasteiger partial charge on any atom is -0.481 e. The van der Waals surface area contributed by atoms with E-state index in [0.717, 1.165) is 11.1 Å². The van der Waals surface area contributed by atoms with Gasteiger partial charge in [-0.05, 0) is 24.0 Å². The number of amides is 1. The minimum absolute atomic E-state index is 0.123. The van der Waals surface area contributed by atoms with Crippen LogP contribution in [0, 0.1) is 5.92 Å². The van der Waals surface area contributed by atoms with E-state index in [1.165, 1.54) is 6.92 Å². The number of aliphatic carboxylic acids is 1. The van der Waals surface area contributed by atoms with Crippen LogP contribution in [-0.2, 0) is 27.2 Å². The maximum absolute atomic E-state index is 12.7. The van der Waals surface area contributed by atoms with Crippen molar-refractivity contribution in [1.29, 1.82) is 0 Å². The van der Waals surface area contributed by atoms with E-state index in [2.05, 4.69) is 5.32 Å². The normalized spacial score (nSPS) is 12.8. The highest BCUT2D eigenvalue weighted by molar-refractivity contribution is 5.91. The predicted molar refractivity (Wildman–Crippen MR) is 98.6 cm³/mol. The number of carboxylic acids is 1. The van der Waals surface area contributed by atoms with Crippen molar-refractivity contribution in [2.24, 2.45) is 5.92 Å². The summed E-state index contributed by atoms with van der Waals surface area (Å²) in [6.07, 6.45) is 0.499. The van der Waals surface area contributed by atoms with Crippen LogP contribution in [0.25, 0.3) is 0 Å². The van der Waals surface area contributed by atoms with Crippen molar-refractivity contribution in [3.8, 4) is 0 Å². The molecule has 5 heteroatoms. The zero-order valence-electron chi connectivity index (χ0n) is 14.7. The van der Waals surface area contributed by atoms with Gasteiger partial charge in [0.1, 0.15) is 0 Å². The lowest BCUT2D eigenvalue weighted by Gasteiger charge is -2.19. The van der Waals surface area contributed by atoms with Gasteiger partial charge < -0.3 is 10.4 Å². The van der Waals surface area contributed by atoms with Gasteiger partial charge in [0.2, 0.25) is 5.91 Å². The van der Waals surface area contributed by atoms with E-state index in [0.29, 0.717) is 6.42 Å². The summed E-state index contributed by atoms with van der Waals surface area (Å²) in [5, 5.41) is 12.2. The number of benzene rings is 2. The lowest BCUT2D eigenvalue weighted by atomic mass is 9.90. The number of hydrogen-bond acceptors (Lipinski definition) is 3. The SMILES string of the molecule is CC(=O)N[C@H](Cc1ccccc1)C(=O)C[C@H](Cc1ccccc1)C(=O)O. The summed E-state index contributed by atoms with van der Waals surface area (Å²) >= 11 is 0. The van der Waals surface area contributed by atoms with E-state index < -0.39 is 17.9 Å². The maximum Gasteiger partial charge on any atom is 0.307 e. The van der Waals surface area contributed by atoms with Crippen LogP contribution in [0.1, 0.15) is 24.5 Å². The molecule has 5 nitrogen and oxygen atoms in total. The Morgan fingerprint density at radius 2 is 1.38 bits per heavy atom. The third-order valence-electron chi connectivity index (χ3n) is 4.17. The van der Waals surface area contributed by atoms with Crippen LogP contribution in [0.15, 0.2) is 60.7 Å². The molecular weight excluding hydrogens is 330 g/mol. The Bertz CT molecular complexity index is 743. The molecule has 0 spiro atoms. The maximum atomic E-state index is 12.7. The van der Waals surface area contributed by atoms with E-state index in [9.17, 15) is 19.5 Å². The number of carbonyl (C=O) groups excluding carboxylic acids is 2. The number of ketones is 1. The summed E-state index contributed by atoms with van der Waals surface area (Å²) < 4.78 is 0. The van der Waals surface area contributed by atoms with Gasteiger partial charge in [-0.1, -0.05) is 60.7 Å². The smallest absolute Gasteiger partial charge is 0.307 e. The van der Waals surface area contributed by atoms with Gasteiger partial charge in [0.25, 0.3) is 0 Å². The van der Waals surface area contributed by atoms with E-state index in [1.54, 1.807) is 0 Å². The Labute approximate surface area is 153 Å². The summed E-state index contributed by atoms with van der Waals surface area (Å²) in [7, 11) is 0. The average molecular weight is 353 g/mol. The molecule has 2 aromatic rings. The molecule has 0 aliphatic carbocycles. The van der Waals surface area contributed by atoms with Crippen LogP contribution < -0.4 is 5.32 Å². The van der Waals surface area contributed by atoms with Crippen LogP contribution in [0.4, 0.5) is 0 Å². The molecule has 2 atom stereocenters. The topological polar surface area (TPSA) is 83.5 Å². The molecule has 0 heterocycles. The quantitative estimate of drug-likeness (QED) is 0.726. The van der Waals surface area contributed by atoms with Gasteiger partial charge in [0.15, 0.2) is 5.78 Å². The molecule has 0 saturated heterocycles. The zero-order valence-corrected chi connectivity index (χ0v) is 14.7. The molecule has 0 aliphatic rings. The minimum atomic E-state index is -1.01. The van der Waals surface area contributed by atoms with Gasteiger partial charge in [-0.3, -0.25) is 14.4 Å². The standard InChI is InChI=1S/C21H23NO4/c1-15(23)22-19(13-17-10-6-3-7-11-17)20(24)14-18(21(25)26)12-16-8-4-2-5-9-16/h2-11,18-19H,12-14H2,1H3,(H,22,23)(H,25,26)/t18-,19+/m0/s1. The summed E-state index contributed by atoms with van der Waals surface area (Å²) in [4.78, 5) is 35.8. The van der Waals surface area contributed by atoms with Gasteiger partial charge in [0, 0.05) is 13.3 Å². The molecule has 2 aromatic carbocycles. The molecular formula is C21H23NO4. The number of carboxylic acid groups (broad SMARTS) is 1. The largest absolute Gasteiger partial charge is 0.481 e. The summed E-state index contributed by atoms with van der Waals surface area (Å²) in [5.41, 5.74) is 1.78. The molecule has 136 valence electrons. The van der Waals surface area contributed by atoms with E-state index in [-0.39, 0.29) is 24.5 Å². The van der Waals surface area contributed by atoms with E-state index in [1.807, 2.05) is 60.7 Å². The van der Waals surface area contributed by atoms with Gasteiger partial charge in [-0.25, -0.2) is 0 Å². The molecule has 26 heavy (non-hydrogen) atoms. The number of rotatable bonds is 9. The Morgan fingerprint density at radius 1 is 0.885 bits per heavy atom. The van der Waals surface area contributed by atoms with Gasteiger partial charge in [0.05, 0.1) is 12.0 Å². The lowest BCUT2D eigenvalue weighted by molar-refractivity contribution is -0.144. The first-order valence-electron chi connectivity index (χ1n) is 8.56. The second-order valence-electron chi connectivity index (χ2n) is 6.34. The predicted octanol–water partition coefficient (Wildman–Crippen LogP) is 2.64. The molecule has 2 rings (SSSR count). The first-order valence-corrected chi connectivity index (χ1v) is 8.56. The van der Waals surface area contributed by atoms with Gasteiger partial charge >= 0.3 is 5.97 Å². The van der Waals surface area contributed by atoms with Crippen LogP contribution in [0.3, 0.4) is 0 Å². The number of carbonyl (C=O) groups is 3. The summed E-state index contributed by atoms with van der Waals surface area (Å²) in [6.45, 7) is 1.35. The van der Waals surface area contributed by atoms with Crippen LogP contribution in [0.5, 0.6) is 0 Å². The molecule has 0 aliphatic heterocycles. The second-order valence-corrected chi connectivity index (χ2v) is 6.34. The van der Waals surface area contributed by atoms with E-state index in [4.69, 9.17) is 0 Å². The van der Waals surface area contributed by atoms with Crippen molar-refractivity contribution < 1.29 is 19.5 Å². The third-order valence-corrected chi connectivity index (χ3v) is 4.17. The first-order chi connectivity index (χ1) is 12.5. The second kappa shape index (κ2) is 9.51. The van der Waals surface area contributed by atoms with Crippen molar-refractivity contribution >= 4 is 17.7 Å². The average Bonchev–Trinajstić information content (AvgIpc) is 2.62. The Kier molecular flexibility index (Phi) is 7.09. The number of hydrogen-bond donors (Lipinski definition) is 2. The number of nitrogens with one attached hydrogen (secondary N) is 1. The molecule has 2 N–H and O–H groups in total. The van der Waals surface area contributed by atoms with Crippen molar-refractivity contribution in [2.45, 2.75) is 32.2 Å². The highest BCUT2D eigenvalue weighted by Crippen LogP contribution is 2.16. The van der Waals surface area contributed by atoms with Gasteiger partial charge in [-0.2, -0.15) is 0 Å². The zero-order chi connectivity index (χ0) is 18.9. The third kappa shape index (κ3) is 6.16.